The first-order valence-electron chi connectivity index (χ1n) is 13.2. The molecule has 40 heavy (non-hydrogen) atoms. The van der Waals surface area contributed by atoms with Gasteiger partial charge in [-0.2, -0.15) is 0 Å². The summed E-state index contributed by atoms with van der Waals surface area (Å²) < 4.78 is 48.2. The van der Waals surface area contributed by atoms with Crippen molar-refractivity contribution in [3.63, 3.8) is 0 Å². The number of pyridine rings is 1. The monoisotopic (exact) mass is 561 g/mol. The number of carbonyl (C=O) groups is 2. The number of piperazine rings is 1. The number of rotatable bonds is 6. The van der Waals surface area contributed by atoms with Gasteiger partial charge in [-0.25, -0.2) is 18.0 Å². The minimum absolute atomic E-state index is 0.112. The molecular weight excluding hydrogens is 527 g/mol. The van der Waals surface area contributed by atoms with E-state index >= 15 is 4.39 Å². The molecule has 1 aromatic heterocycles. The van der Waals surface area contributed by atoms with Gasteiger partial charge in [-0.3, -0.25) is 14.5 Å². The molecule has 1 saturated heterocycles. The Morgan fingerprint density at radius 2 is 1.88 bits per heavy atom. The molecule has 0 unspecified atom stereocenters. The van der Waals surface area contributed by atoms with Crippen molar-refractivity contribution >= 4 is 28.9 Å². The van der Waals surface area contributed by atoms with Crippen molar-refractivity contribution in [3.05, 3.63) is 63.3 Å². The number of halogens is 3. The van der Waals surface area contributed by atoms with Crippen LogP contribution in [0.2, 0.25) is 0 Å². The van der Waals surface area contributed by atoms with Crippen LogP contribution in [0.5, 0.6) is 0 Å². The molecule has 3 heterocycles. The van der Waals surface area contributed by atoms with E-state index in [4.69, 9.17) is 4.74 Å². The third-order valence-electron chi connectivity index (χ3n) is 7.49. The molecule has 0 saturated carbocycles. The van der Waals surface area contributed by atoms with Crippen LogP contribution < -0.4 is 15.8 Å². The van der Waals surface area contributed by atoms with Crippen molar-refractivity contribution in [1.29, 1.82) is 0 Å². The van der Waals surface area contributed by atoms with Gasteiger partial charge < -0.3 is 24.8 Å². The zero-order valence-electron chi connectivity index (χ0n) is 23.0. The highest BCUT2D eigenvalue weighted by molar-refractivity contribution is 6.07. The maximum absolute atomic E-state index is 15.7. The number of carbonyl (C=O) groups excluding carboxylic acids is 2. The number of aromatic nitrogens is 1. The molecule has 4 rings (SSSR count). The molecule has 2 aliphatic heterocycles. The Morgan fingerprint density at radius 3 is 2.52 bits per heavy atom. The van der Waals surface area contributed by atoms with Crippen LogP contribution in [-0.4, -0.2) is 78.7 Å². The van der Waals surface area contributed by atoms with Gasteiger partial charge in [0.25, 0.3) is 12.3 Å². The van der Waals surface area contributed by atoms with Gasteiger partial charge in [0.15, 0.2) is 0 Å². The van der Waals surface area contributed by atoms with Crippen molar-refractivity contribution in [2.75, 3.05) is 50.1 Å². The molecule has 2 atom stereocenters. The maximum atomic E-state index is 15.7. The highest BCUT2D eigenvalue weighted by Crippen LogP contribution is 2.36. The second kappa shape index (κ2) is 12.2. The average Bonchev–Trinajstić information content (AvgIpc) is 2.92. The number of amides is 2. The fourth-order valence-electron chi connectivity index (χ4n) is 5.14. The maximum Gasteiger partial charge on any atom is 0.410 e. The number of anilines is 2. The molecule has 216 valence electrons. The summed E-state index contributed by atoms with van der Waals surface area (Å²) in [6.45, 7) is 7.61. The SMILES string of the molecule is CCOC(=O)N1CCC=C(c2cc(NC(=O)c3c[nH]c(=O)cc3C(F)F)c(N3C[C@@H](C)N(C)[C@@H](C)C3)cc2F)C1. The number of benzene rings is 1. The van der Waals surface area contributed by atoms with Crippen LogP contribution in [-0.2, 0) is 4.74 Å². The van der Waals surface area contributed by atoms with Crippen LogP contribution >= 0.6 is 0 Å². The predicted molar refractivity (Wildman–Crippen MR) is 146 cm³/mol. The number of aromatic amines is 1. The third-order valence-corrected chi connectivity index (χ3v) is 7.49. The van der Waals surface area contributed by atoms with Gasteiger partial charge in [0.1, 0.15) is 5.82 Å². The fourth-order valence-corrected chi connectivity index (χ4v) is 5.14. The molecule has 0 radical (unpaired) electrons. The second-order valence-electron chi connectivity index (χ2n) is 10.2. The fraction of sp³-hybridized carbons (Fsp3) is 0.464. The third kappa shape index (κ3) is 6.16. The molecule has 0 aliphatic carbocycles. The molecule has 0 bridgehead atoms. The largest absolute Gasteiger partial charge is 0.450 e. The van der Waals surface area contributed by atoms with E-state index in [0.717, 1.165) is 6.20 Å². The van der Waals surface area contributed by atoms with Crippen molar-refractivity contribution in [1.82, 2.24) is 14.8 Å². The summed E-state index contributed by atoms with van der Waals surface area (Å²) in [6.07, 6.45) is -0.288. The lowest BCUT2D eigenvalue weighted by Gasteiger charge is -2.44. The van der Waals surface area contributed by atoms with E-state index < -0.39 is 40.9 Å². The highest BCUT2D eigenvalue weighted by atomic mass is 19.3. The van der Waals surface area contributed by atoms with Crippen LogP contribution in [0, 0.1) is 5.82 Å². The summed E-state index contributed by atoms with van der Waals surface area (Å²) in [5.74, 6) is -1.41. The Balaban J connectivity index is 1.75. The average molecular weight is 562 g/mol. The first-order valence-corrected chi connectivity index (χ1v) is 13.2. The lowest BCUT2D eigenvalue weighted by Crippen LogP contribution is -2.55. The zero-order valence-corrected chi connectivity index (χ0v) is 23.0. The van der Waals surface area contributed by atoms with Crippen LogP contribution in [0.3, 0.4) is 0 Å². The molecule has 2 aromatic rings. The summed E-state index contributed by atoms with van der Waals surface area (Å²) in [5.41, 5.74) is -0.500. The summed E-state index contributed by atoms with van der Waals surface area (Å²) in [4.78, 5) is 45.1. The zero-order chi connectivity index (χ0) is 29.1. The van der Waals surface area contributed by atoms with Crippen LogP contribution in [0.4, 0.5) is 29.3 Å². The van der Waals surface area contributed by atoms with Crippen LogP contribution in [0.25, 0.3) is 5.57 Å². The smallest absolute Gasteiger partial charge is 0.410 e. The minimum atomic E-state index is -3.05. The molecule has 12 heteroatoms. The first kappa shape index (κ1) is 29.2. The summed E-state index contributed by atoms with van der Waals surface area (Å²) in [5, 5.41) is 2.69. The van der Waals surface area contributed by atoms with Gasteiger partial charge in [-0.05, 0) is 51.9 Å². The van der Waals surface area contributed by atoms with Gasteiger partial charge in [-0.15, -0.1) is 0 Å². The van der Waals surface area contributed by atoms with Gasteiger partial charge >= 0.3 is 6.09 Å². The summed E-state index contributed by atoms with van der Waals surface area (Å²) >= 11 is 0. The van der Waals surface area contributed by atoms with Crippen molar-refractivity contribution in [3.8, 4) is 0 Å². The Labute approximate surface area is 230 Å². The van der Waals surface area contributed by atoms with Gasteiger partial charge in [0.2, 0.25) is 5.56 Å². The van der Waals surface area contributed by atoms with Gasteiger partial charge in [0.05, 0.1) is 23.5 Å². The lowest BCUT2D eigenvalue weighted by atomic mass is 9.98. The van der Waals surface area contributed by atoms with E-state index in [1.165, 1.54) is 17.0 Å². The van der Waals surface area contributed by atoms with Crippen molar-refractivity contribution in [2.45, 2.75) is 45.7 Å². The van der Waals surface area contributed by atoms with Gasteiger partial charge in [0, 0.05) is 61.7 Å². The number of nitrogens with zero attached hydrogens (tertiary/aromatic N) is 3. The minimum Gasteiger partial charge on any atom is -0.450 e. The predicted octanol–water partition coefficient (Wildman–Crippen LogP) is 4.48. The molecule has 2 N–H and O–H groups in total. The number of nitrogens with one attached hydrogen (secondary N) is 2. The molecule has 1 fully saturated rings. The number of H-pyrrole nitrogens is 1. The normalized spacial score (nSPS) is 19.9. The molecule has 9 nitrogen and oxygen atoms in total. The van der Waals surface area contributed by atoms with Gasteiger partial charge in [-0.1, -0.05) is 6.08 Å². The Hall–Kier alpha value is -3.80. The standard InChI is InChI=1S/C28H34F3N5O4/c1-5-40-28(39)35-8-6-7-18(15-35)19-9-23(33-27(38)21-12-32-25(37)10-20(21)26(30)31)24(11-22(19)29)36-13-16(2)34(4)17(3)14-36/h7,9-12,16-17,26H,5-6,8,13-15H2,1-4H3,(H,32,37)(H,33,38)/t16-,17+. The number of hydrogen-bond donors (Lipinski definition) is 2. The van der Waals surface area contributed by atoms with Crippen molar-refractivity contribution in [2.24, 2.45) is 0 Å². The topological polar surface area (TPSA) is 98.0 Å². The molecule has 1 aromatic carbocycles. The number of hydrogen-bond acceptors (Lipinski definition) is 6. The summed E-state index contributed by atoms with van der Waals surface area (Å²) in [7, 11) is 2.01. The molecular formula is C28H34F3N5O4. The van der Waals surface area contributed by atoms with E-state index in [1.807, 2.05) is 31.9 Å². The first-order chi connectivity index (χ1) is 19.0. The van der Waals surface area contributed by atoms with E-state index in [9.17, 15) is 23.2 Å². The lowest BCUT2D eigenvalue weighted by molar-refractivity contribution is 0.101. The summed E-state index contributed by atoms with van der Waals surface area (Å²) in [6, 6.07) is 3.75. The number of likely N-dealkylation sites (N-methyl/N-ethyl adjacent to an activating group) is 1. The number of alkyl halides is 2. The highest BCUT2D eigenvalue weighted by Gasteiger charge is 2.30. The van der Waals surface area contributed by atoms with Crippen LogP contribution in [0.1, 0.15) is 55.1 Å². The second-order valence-corrected chi connectivity index (χ2v) is 10.2. The Kier molecular flexibility index (Phi) is 8.87. The Morgan fingerprint density at radius 1 is 1.18 bits per heavy atom. The van der Waals surface area contributed by atoms with Crippen molar-refractivity contribution < 1.29 is 27.5 Å². The Bertz CT molecular complexity index is 1350. The van der Waals surface area contributed by atoms with E-state index in [0.29, 0.717) is 43.4 Å². The molecule has 0 spiro atoms. The number of ether oxygens (including phenoxy) is 1. The van der Waals surface area contributed by atoms with E-state index in [2.05, 4.69) is 15.2 Å². The molecule has 2 aliphatic rings. The van der Waals surface area contributed by atoms with Crippen LogP contribution in [0.15, 0.2) is 35.3 Å². The van der Waals surface area contributed by atoms with E-state index in [-0.39, 0.29) is 36.5 Å². The quantitative estimate of drug-likeness (QED) is 0.540. The van der Waals surface area contributed by atoms with E-state index in [1.54, 1.807) is 6.92 Å². The molecule has 2 amide bonds.